The Morgan fingerprint density at radius 1 is 1.09 bits per heavy atom. The highest BCUT2D eigenvalue weighted by molar-refractivity contribution is 7.13. The summed E-state index contributed by atoms with van der Waals surface area (Å²) < 4.78 is 51.4. The highest BCUT2D eigenvalue weighted by Crippen LogP contribution is 2.33. The molecule has 1 N–H and O–H groups in total. The molecule has 0 aliphatic heterocycles. The van der Waals surface area contributed by atoms with Crippen molar-refractivity contribution >= 4 is 34.0 Å². The number of carbonyl (C=O) groups is 1. The van der Waals surface area contributed by atoms with Crippen molar-refractivity contribution < 1.29 is 27.4 Å². The topological polar surface area (TPSA) is 78.3 Å². The largest absolute Gasteiger partial charge is 0.487 e. The summed E-state index contributed by atoms with van der Waals surface area (Å²) in [6.07, 6.45) is -4.70. The predicted octanol–water partition coefficient (Wildman–Crippen LogP) is 5.60. The first kappa shape index (κ1) is 23.6. The lowest BCUT2D eigenvalue weighted by molar-refractivity contribution is -0.141. The maximum absolute atomic E-state index is 13.2. The monoisotopic (exact) mass is 508 g/mol. The van der Waals surface area contributed by atoms with Gasteiger partial charge in [-0.25, -0.2) is 4.98 Å². The van der Waals surface area contributed by atoms with Gasteiger partial charge in [0.15, 0.2) is 17.4 Å². The minimum Gasteiger partial charge on any atom is -0.487 e. The number of amides is 1. The van der Waals surface area contributed by atoms with Crippen LogP contribution in [0.15, 0.2) is 66.0 Å². The van der Waals surface area contributed by atoms with Gasteiger partial charge < -0.3 is 9.47 Å². The fraction of sp³-hybridized carbons (Fsp3) is 0.136. The Bertz CT molecular complexity index is 1280. The molecule has 0 radical (unpaired) electrons. The standard InChI is InChI=1S/C22H16ClF3N4O3S/c23-16-8-4-5-9-17(16)30-20(10-18(29-30)22(24,25)26)33-12-19(31)28-21-27-14(13-34-21)11-32-15-6-2-1-3-7-15/h1-10,13H,11-12H2,(H,27,28,31). The van der Waals surface area contributed by atoms with Gasteiger partial charge in [-0.05, 0) is 24.3 Å². The Balaban J connectivity index is 1.40. The van der Waals surface area contributed by atoms with Gasteiger partial charge in [0.1, 0.15) is 12.4 Å². The number of hydrogen-bond acceptors (Lipinski definition) is 6. The molecule has 34 heavy (non-hydrogen) atoms. The Labute approximate surface area is 200 Å². The van der Waals surface area contributed by atoms with E-state index < -0.39 is 24.4 Å². The molecule has 176 valence electrons. The average Bonchev–Trinajstić information content (AvgIpc) is 3.44. The molecule has 2 heterocycles. The van der Waals surface area contributed by atoms with Crippen molar-refractivity contribution in [3.63, 3.8) is 0 Å². The van der Waals surface area contributed by atoms with Crippen molar-refractivity contribution in [1.82, 2.24) is 14.8 Å². The van der Waals surface area contributed by atoms with Gasteiger partial charge in [-0.1, -0.05) is 41.9 Å². The van der Waals surface area contributed by atoms with Gasteiger partial charge in [-0.2, -0.15) is 23.0 Å². The summed E-state index contributed by atoms with van der Waals surface area (Å²) >= 11 is 7.28. The van der Waals surface area contributed by atoms with Crippen LogP contribution in [0, 0.1) is 0 Å². The molecule has 4 rings (SSSR count). The minimum absolute atomic E-state index is 0.168. The smallest absolute Gasteiger partial charge is 0.435 e. The summed E-state index contributed by atoms with van der Waals surface area (Å²) in [7, 11) is 0. The van der Waals surface area contributed by atoms with E-state index in [9.17, 15) is 18.0 Å². The molecular formula is C22H16ClF3N4O3S. The maximum Gasteiger partial charge on any atom is 0.435 e. The number of carbonyl (C=O) groups excluding carboxylic acids is 1. The van der Waals surface area contributed by atoms with Crippen LogP contribution in [0.3, 0.4) is 0 Å². The van der Waals surface area contributed by atoms with Crippen molar-refractivity contribution in [1.29, 1.82) is 0 Å². The molecule has 2 aromatic carbocycles. The molecule has 7 nitrogen and oxygen atoms in total. The summed E-state index contributed by atoms with van der Waals surface area (Å²) in [6, 6.07) is 16.1. The van der Waals surface area contributed by atoms with Crippen LogP contribution in [0.4, 0.5) is 18.3 Å². The molecule has 0 aliphatic carbocycles. The van der Waals surface area contributed by atoms with E-state index in [4.69, 9.17) is 21.1 Å². The molecule has 0 saturated carbocycles. The van der Waals surface area contributed by atoms with Crippen LogP contribution in [-0.2, 0) is 17.6 Å². The Morgan fingerprint density at radius 2 is 1.82 bits per heavy atom. The maximum atomic E-state index is 13.2. The number of nitrogens with zero attached hydrogens (tertiary/aromatic N) is 3. The van der Waals surface area contributed by atoms with E-state index in [1.807, 2.05) is 30.3 Å². The van der Waals surface area contributed by atoms with Crippen molar-refractivity contribution in [2.24, 2.45) is 0 Å². The summed E-state index contributed by atoms with van der Waals surface area (Å²) in [4.78, 5) is 16.6. The molecule has 2 aromatic heterocycles. The summed E-state index contributed by atoms with van der Waals surface area (Å²) in [5.74, 6) is -0.208. The molecule has 0 aliphatic rings. The van der Waals surface area contributed by atoms with Crippen molar-refractivity contribution in [2.45, 2.75) is 12.8 Å². The summed E-state index contributed by atoms with van der Waals surface area (Å²) in [6.45, 7) is -0.354. The number of ether oxygens (including phenoxy) is 2. The number of thiazole rings is 1. The zero-order valence-corrected chi connectivity index (χ0v) is 18.8. The summed E-state index contributed by atoms with van der Waals surface area (Å²) in [5.41, 5.74) is -0.388. The first-order chi connectivity index (χ1) is 16.3. The van der Waals surface area contributed by atoms with E-state index in [2.05, 4.69) is 15.4 Å². The van der Waals surface area contributed by atoms with Crippen LogP contribution < -0.4 is 14.8 Å². The first-order valence-corrected chi connectivity index (χ1v) is 11.0. The molecular weight excluding hydrogens is 493 g/mol. The van der Waals surface area contributed by atoms with E-state index in [0.29, 0.717) is 22.6 Å². The van der Waals surface area contributed by atoms with Gasteiger partial charge in [0, 0.05) is 11.4 Å². The molecule has 0 saturated heterocycles. The number of para-hydroxylation sites is 2. The molecule has 4 aromatic rings. The molecule has 0 spiro atoms. The number of alkyl halides is 3. The lowest BCUT2D eigenvalue weighted by Gasteiger charge is -2.10. The van der Waals surface area contributed by atoms with Crippen LogP contribution in [0.2, 0.25) is 5.02 Å². The molecule has 0 atom stereocenters. The number of hydrogen-bond donors (Lipinski definition) is 1. The van der Waals surface area contributed by atoms with E-state index >= 15 is 0 Å². The number of aromatic nitrogens is 3. The molecule has 0 fully saturated rings. The van der Waals surface area contributed by atoms with Crippen molar-refractivity contribution in [2.75, 3.05) is 11.9 Å². The van der Waals surface area contributed by atoms with Gasteiger partial charge in [0.05, 0.1) is 16.4 Å². The molecule has 1 amide bonds. The van der Waals surface area contributed by atoms with E-state index in [1.54, 1.807) is 17.5 Å². The van der Waals surface area contributed by atoms with Crippen molar-refractivity contribution in [3.8, 4) is 17.3 Å². The van der Waals surface area contributed by atoms with Gasteiger partial charge >= 0.3 is 6.18 Å². The zero-order chi connectivity index (χ0) is 24.1. The number of anilines is 1. The Hall–Kier alpha value is -3.57. The third-order valence-corrected chi connectivity index (χ3v) is 5.45. The number of halogens is 4. The van der Waals surface area contributed by atoms with E-state index in [1.165, 1.54) is 23.5 Å². The third-order valence-electron chi connectivity index (χ3n) is 4.33. The Morgan fingerprint density at radius 3 is 2.56 bits per heavy atom. The van der Waals surface area contributed by atoms with Gasteiger partial charge in [-0.15, -0.1) is 11.3 Å². The van der Waals surface area contributed by atoms with Crippen LogP contribution >= 0.6 is 22.9 Å². The predicted molar refractivity (Wildman–Crippen MR) is 121 cm³/mol. The number of benzene rings is 2. The number of rotatable bonds is 8. The van der Waals surface area contributed by atoms with Gasteiger partial charge in [0.2, 0.25) is 5.88 Å². The normalized spacial score (nSPS) is 11.3. The average molecular weight is 509 g/mol. The zero-order valence-electron chi connectivity index (χ0n) is 17.3. The highest BCUT2D eigenvalue weighted by Gasteiger charge is 2.36. The third kappa shape index (κ3) is 5.86. The van der Waals surface area contributed by atoms with Crippen LogP contribution in [0.5, 0.6) is 11.6 Å². The number of nitrogens with one attached hydrogen (secondary N) is 1. The lowest BCUT2D eigenvalue weighted by Crippen LogP contribution is -2.21. The Kier molecular flexibility index (Phi) is 7.03. The second-order valence-corrected chi connectivity index (χ2v) is 8.08. The van der Waals surface area contributed by atoms with Crippen LogP contribution in [0.25, 0.3) is 5.69 Å². The van der Waals surface area contributed by atoms with Crippen molar-refractivity contribution in [3.05, 3.63) is 82.5 Å². The van der Waals surface area contributed by atoms with Crippen LogP contribution in [-0.4, -0.2) is 27.3 Å². The van der Waals surface area contributed by atoms with E-state index in [-0.39, 0.29) is 23.2 Å². The quantitative estimate of drug-likeness (QED) is 0.335. The molecule has 0 bridgehead atoms. The fourth-order valence-corrected chi connectivity index (χ4v) is 3.73. The van der Waals surface area contributed by atoms with Gasteiger partial charge in [0.25, 0.3) is 5.91 Å². The second kappa shape index (κ2) is 10.1. The fourth-order valence-electron chi connectivity index (χ4n) is 2.80. The first-order valence-electron chi connectivity index (χ1n) is 9.76. The summed E-state index contributed by atoms with van der Waals surface area (Å²) in [5, 5.41) is 8.29. The highest BCUT2D eigenvalue weighted by atomic mass is 35.5. The molecule has 12 heteroatoms. The van der Waals surface area contributed by atoms with Crippen LogP contribution in [0.1, 0.15) is 11.4 Å². The second-order valence-electron chi connectivity index (χ2n) is 6.81. The van der Waals surface area contributed by atoms with E-state index in [0.717, 1.165) is 4.68 Å². The molecule has 0 unspecified atom stereocenters. The minimum atomic E-state index is -4.70. The lowest BCUT2D eigenvalue weighted by atomic mass is 10.3. The SMILES string of the molecule is O=C(COc1cc(C(F)(F)F)nn1-c1ccccc1Cl)Nc1nc(COc2ccccc2)cs1. The van der Waals surface area contributed by atoms with Gasteiger partial charge in [-0.3, -0.25) is 10.1 Å².